The zero-order chi connectivity index (χ0) is 20.0. The van der Waals surface area contributed by atoms with Crippen molar-refractivity contribution in [2.45, 2.75) is 24.5 Å². The van der Waals surface area contributed by atoms with Crippen molar-refractivity contribution in [2.75, 3.05) is 45.7 Å². The molecular weight excluding hydrogens is 380 g/mol. The molecule has 1 fully saturated rings. The zero-order valence-electron chi connectivity index (χ0n) is 16.4. The highest BCUT2D eigenvalue weighted by Gasteiger charge is 2.28. The Balaban J connectivity index is 1.51. The Morgan fingerprint density at radius 2 is 2.00 bits per heavy atom. The third-order valence-corrected chi connectivity index (χ3v) is 5.59. The van der Waals surface area contributed by atoms with Gasteiger partial charge in [0.15, 0.2) is 0 Å². The van der Waals surface area contributed by atoms with Crippen molar-refractivity contribution < 1.29 is 14.3 Å². The maximum atomic E-state index is 12.3. The molecular formula is C18H26N6O3S. The van der Waals surface area contributed by atoms with Crippen LogP contribution in [0.25, 0.3) is 5.69 Å². The topological polar surface area (TPSA) is 94.4 Å². The number of aromatic nitrogens is 4. The van der Waals surface area contributed by atoms with Crippen molar-refractivity contribution in [1.82, 2.24) is 30.4 Å². The summed E-state index contributed by atoms with van der Waals surface area (Å²) >= 11 is 1.30. The van der Waals surface area contributed by atoms with E-state index in [0.717, 1.165) is 37.7 Å². The molecule has 0 radical (unpaired) electrons. The Bertz CT molecular complexity index is 774. The van der Waals surface area contributed by atoms with Crippen LogP contribution in [0.15, 0.2) is 29.4 Å². The van der Waals surface area contributed by atoms with Crippen molar-refractivity contribution in [1.29, 1.82) is 0 Å². The van der Waals surface area contributed by atoms with Gasteiger partial charge in [0.2, 0.25) is 11.1 Å². The molecule has 0 spiro atoms. The van der Waals surface area contributed by atoms with Gasteiger partial charge in [-0.25, -0.2) is 0 Å². The van der Waals surface area contributed by atoms with Crippen LogP contribution in [0.2, 0.25) is 0 Å². The van der Waals surface area contributed by atoms with E-state index in [0.29, 0.717) is 11.7 Å². The third-order valence-electron chi connectivity index (χ3n) is 4.68. The van der Waals surface area contributed by atoms with Crippen molar-refractivity contribution >= 4 is 17.7 Å². The second-order valence-electron chi connectivity index (χ2n) is 7.05. The minimum Gasteiger partial charge on any atom is -0.497 e. The first-order valence-electron chi connectivity index (χ1n) is 9.15. The number of hydrogen-bond donors (Lipinski definition) is 1. The summed E-state index contributed by atoms with van der Waals surface area (Å²) in [5.74, 6) is 0.958. The highest BCUT2D eigenvalue weighted by atomic mass is 32.2. The monoisotopic (exact) mass is 406 g/mol. The van der Waals surface area contributed by atoms with Crippen LogP contribution in [-0.2, 0) is 9.53 Å². The molecule has 2 aromatic rings. The van der Waals surface area contributed by atoms with Gasteiger partial charge in [0.05, 0.1) is 31.8 Å². The number of rotatable bonds is 8. The number of carbonyl (C=O) groups is 1. The molecule has 3 rings (SSSR count). The Labute approximate surface area is 168 Å². The van der Waals surface area contributed by atoms with E-state index in [9.17, 15) is 4.79 Å². The van der Waals surface area contributed by atoms with Gasteiger partial charge in [0.25, 0.3) is 0 Å². The normalized spacial score (nSPS) is 15.4. The van der Waals surface area contributed by atoms with Crippen molar-refractivity contribution in [3.63, 3.8) is 0 Å². The van der Waals surface area contributed by atoms with Gasteiger partial charge < -0.3 is 14.8 Å². The summed E-state index contributed by atoms with van der Waals surface area (Å²) < 4.78 is 12.2. The van der Waals surface area contributed by atoms with Crippen LogP contribution in [0.1, 0.15) is 13.8 Å². The van der Waals surface area contributed by atoms with E-state index < -0.39 is 0 Å². The van der Waals surface area contributed by atoms with Crippen LogP contribution in [-0.4, -0.2) is 82.3 Å². The maximum absolute atomic E-state index is 12.3. The molecule has 0 bridgehead atoms. The number of methoxy groups -OCH3 is 1. The third kappa shape index (κ3) is 5.21. The predicted molar refractivity (Wildman–Crippen MR) is 106 cm³/mol. The van der Waals surface area contributed by atoms with Crippen LogP contribution in [0.4, 0.5) is 0 Å². The number of benzene rings is 1. The Hall–Kier alpha value is -2.17. The van der Waals surface area contributed by atoms with Gasteiger partial charge in [-0.2, -0.15) is 4.68 Å². The molecule has 1 N–H and O–H groups in total. The van der Waals surface area contributed by atoms with Crippen molar-refractivity contribution in [3.8, 4) is 11.4 Å². The highest BCUT2D eigenvalue weighted by Crippen LogP contribution is 2.20. The average molecular weight is 407 g/mol. The molecule has 1 aromatic carbocycles. The summed E-state index contributed by atoms with van der Waals surface area (Å²) in [5.41, 5.74) is 0.691. The molecule has 1 saturated heterocycles. The minimum atomic E-state index is -0.116. The number of morpholine rings is 1. The standard InChI is InChI=1S/C18H26N6O3S/c1-18(2,23-8-10-27-11-9-23)13-19-16(25)12-28-17-20-21-22-24(17)14-4-6-15(26-3)7-5-14/h4-7H,8-13H2,1-3H3,(H,19,25). The van der Waals surface area contributed by atoms with Crippen LogP contribution in [0, 0.1) is 0 Å². The zero-order valence-corrected chi connectivity index (χ0v) is 17.2. The van der Waals surface area contributed by atoms with Gasteiger partial charge in [-0.3, -0.25) is 9.69 Å². The van der Waals surface area contributed by atoms with Gasteiger partial charge in [-0.1, -0.05) is 11.8 Å². The molecule has 28 heavy (non-hydrogen) atoms. The number of hydrogen-bond acceptors (Lipinski definition) is 8. The molecule has 0 aliphatic carbocycles. The first-order valence-corrected chi connectivity index (χ1v) is 10.1. The fourth-order valence-corrected chi connectivity index (χ4v) is 3.65. The molecule has 1 aliphatic heterocycles. The smallest absolute Gasteiger partial charge is 0.230 e. The Morgan fingerprint density at radius 3 is 2.68 bits per heavy atom. The maximum Gasteiger partial charge on any atom is 0.230 e. The van der Waals surface area contributed by atoms with E-state index in [4.69, 9.17) is 9.47 Å². The summed E-state index contributed by atoms with van der Waals surface area (Å²) in [6, 6.07) is 7.41. The van der Waals surface area contributed by atoms with Gasteiger partial charge in [0.1, 0.15) is 5.75 Å². The lowest BCUT2D eigenvalue weighted by Crippen LogP contribution is -2.55. The van der Waals surface area contributed by atoms with Crippen molar-refractivity contribution in [3.05, 3.63) is 24.3 Å². The average Bonchev–Trinajstić information content (AvgIpc) is 3.20. The molecule has 0 unspecified atom stereocenters. The number of amides is 1. The first kappa shape index (κ1) is 20.6. The van der Waals surface area contributed by atoms with Gasteiger partial charge in [0, 0.05) is 25.2 Å². The number of tetrazole rings is 1. The number of ether oxygens (including phenoxy) is 2. The van der Waals surface area contributed by atoms with Crippen molar-refractivity contribution in [2.24, 2.45) is 0 Å². The van der Waals surface area contributed by atoms with E-state index in [2.05, 4.69) is 39.6 Å². The lowest BCUT2D eigenvalue weighted by Gasteiger charge is -2.40. The lowest BCUT2D eigenvalue weighted by atomic mass is 10.0. The van der Waals surface area contributed by atoms with Gasteiger partial charge in [-0.05, 0) is 48.5 Å². The summed E-state index contributed by atoms with van der Waals surface area (Å²) in [6.07, 6.45) is 0. The molecule has 1 aromatic heterocycles. The number of thioether (sulfide) groups is 1. The molecule has 152 valence electrons. The number of nitrogens with one attached hydrogen (secondary N) is 1. The van der Waals surface area contributed by atoms with Gasteiger partial charge >= 0.3 is 0 Å². The molecule has 0 saturated carbocycles. The summed E-state index contributed by atoms with van der Waals surface area (Å²) in [5, 5.41) is 15.3. The summed E-state index contributed by atoms with van der Waals surface area (Å²) in [4.78, 5) is 14.7. The Kier molecular flexibility index (Phi) is 6.87. The second kappa shape index (κ2) is 9.35. The fraction of sp³-hybridized carbons (Fsp3) is 0.556. The number of carbonyl (C=O) groups excluding carboxylic acids is 1. The van der Waals surface area contributed by atoms with E-state index in [1.165, 1.54) is 11.8 Å². The molecule has 9 nitrogen and oxygen atoms in total. The summed E-state index contributed by atoms with van der Waals surface area (Å²) in [6.45, 7) is 8.09. The number of nitrogens with zero attached hydrogens (tertiary/aromatic N) is 5. The van der Waals surface area contributed by atoms with Gasteiger partial charge in [-0.15, -0.1) is 5.10 Å². The molecule has 1 amide bonds. The molecule has 0 atom stereocenters. The largest absolute Gasteiger partial charge is 0.497 e. The molecule has 10 heteroatoms. The van der Waals surface area contributed by atoms with Crippen LogP contribution in [0.3, 0.4) is 0 Å². The lowest BCUT2D eigenvalue weighted by molar-refractivity contribution is -0.119. The van der Waals surface area contributed by atoms with E-state index in [1.807, 2.05) is 24.3 Å². The van der Waals surface area contributed by atoms with Crippen LogP contribution in [0.5, 0.6) is 5.75 Å². The quantitative estimate of drug-likeness (QED) is 0.649. The molecule has 2 heterocycles. The van der Waals surface area contributed by atoms with Crippen LogP contribution >= 0.6 is 11.8 Å². The van der Waals surface area contributed by atoms with E-state index >= 15 is 0 Å². The van der Waals surface area contributed by atoms with E-state index in [-0.39, 0.29) is 17.2 Å². The summed E-state index contributed by atoms with van der Waals surface area (Å²) in [7, 11) is 1.62. The Morgan fingerprint density at radius 1 is 1.29 bits per heavy atom. The second-order valence-corrected chi connectivity index (χ2v) is 7.99. The minimum absolute atomic E-state index is 0.0457. The highest BCUT2D eigenvalue weighted by molar-refractivity contribution is 7.99. The fourth-order valence-electron chi connectivity index (χ4n) is 2.93. The predicted octanol–water partition coefficient (Wildman–Crippen LogP) is 0.990. The first-order chi connectivity index (χ1) is 13.5. The van der Waals surface area contributed by atoms with E-state index in [1.54, 1.807) is 11.8 Å². The molecule has 1 aliphatic rings. The SMILES string of the molecule is COc1ccc(-n2nnnc2SCC(=O)NCC(C)(C)N2CCOCC2)cc1. The van der Waals surface area contributed by atoms with Crippen LogP contribution < -0.4 is 10.1 Å².